The number of rotatable bonds is 5. The zero-order chi connectivity index (χ0) is 12.8. The summed E-state index contributed by atoms with van der Waals surface area (Å²) >= 11 is 0. The van der Waals surface area contributed by atoms with Crippen LogP contribution in [-0.2, 0) is 19.1 Å². The van der Waals surface area contributed by atoms with Gasteiger partial charge in [0, 0.05) is 13.0 Å². The third kappa shape index (κ3) is 4.14. The van der Waals surface area contributed by atoms with Crippen LogP contribution in [0.1, 0.15) is 26.7 Å². The van der Waals surface area contributed by atoms with Gasteiger partial charge in [0.15, 0.2) is 0 Å². The monoisotopic (exact) mass is 242 g/mol. The summed E-state index contributed by atoms with van der Waals surface area (Å²) in [7, 11) is 0. The minimum Gasteiger partial charge on any atom is -0.466 e. The maximum Gasteiger partial charge on any atom is 0.309 e. The second-order valence-electron chi connectivity index (χ2n) is 4.07. The van der Waals surface area contributed by atoms with E-state index in [1.165, 1.54) is 0 Å². The molecule has 6 heteroatoms. The Kier molecular flexibility index (Phi) is 5.09. The average Bonchev–Trinajstić information content (AvgIpc) is 2.27. The molecule has 2 amide bonds. The molecular weight excluding hydrogens is 224 g/mol. The van der Waals surface area contributed by atoms with Crippen molar-refractivity contribution < 1.29 is 19.1 Å². The van der Waals surface area contributed by atoms with E-state index in [0.29, 0.717) is 26.0 Å². The molecular formula is C11H18N2O4. The number of esters is 1. The Morgan fingerprint density at radius 1 is 1.59 bits per heavy atom. The summed E-state index contributed by atoms with van der Waals surface area (Å²) in [6.07, 6.45) is 0.803. The summed E-state index contributed by atoms with van der Waals surface area (Å²) in [5.41, 5.74) is 0. The number of hydrogen-bond acceptors (Lipinski definition) is 5. The van der Waals surface area contributed by atoms with E-state index in [-0.39, 0.29) is 23.7 Å². The number of hydrogen-bond donors (Lipinski definition) is 2. The molecule has 17 heavy (non-hydrogen) atoms. The van der Waals surface area contributed by atoms with Gasteiger partial charge in [0.05, 0.1) is 18.6 Å². The van der Waals surface area contributed by atoms with Crippen molar-refractivity contribution in [2.45, 2.75) is 32.7 Å². The van der Waals surface area contributed by atoms with Crippen LogP contribution in [-0.4, -0.2) is 37.0 Å². The molecule has 1 saturated heterocycles. The van der Waals surface area contributed by atoms with Gasteiger partial charge in [-0.25, -0.2) is 0 Å². The van der Waals surface area contributed by atoms with Gasteiger partial charge in [0.25, 0.3) is 0 Å². The van der Waals surface area contributed by atoms with Crippen LogP contribution >= 0.6 is 0 Å². The van der Waals surface area contributed by atoms with Crippen molar-refractivity contribution in [1.29, 1.82) is 0 Å². The normalized spacial score (nSPS) is 21.9. The third-order valence-corrected chi connectivity index (χ3v) is 2.60. The van der Waals surface area contributed by atoms with E-state index in [1.54, 1.807) is 13.8 Å². The van der Waals surface area contributed by atoms with Gasteiger partial charge in [-0.2, -0.15) is 0 Å². The van der Waals surface area contributed by atoms with Gasteiger partial charge in [-0.3, -0.25) is 19.7 Å². The average molecular weight is 242 g/mol. The highest BCUT2D eigenvalue weighted by atomic mass is 16.5. The molecule has 2 atom stereocenters. The summed E-state index contributed by atoms with van der Waals surface area (Å²) in [5.74, 6) is -1.16. The molecule has 0 radical (unpaired) electrons. The molecule has 2 N–H and O–H groups in total. The smallest absolute Gasteiger partial charge is 0.309 e. The Bertz CT molecular complexity index is 317. The first kappa shape index (κ1) is 13.6. The number of carbonyl (C=O) groups excluding carboxylic acids is 3. The summed E-state index contributed by atoms with van der Waals surface area (Å²) < 4.78 is 4.85. The van der Waals surface area contributed by atoms with E-state index < -0.39 is 6.04 Å². The molecule has 1 fully saturated rings. The van der Waals surface area contributed by atoms with Gasteiger partial charge in [0.1, 0.15) is 0 Å². The van der Waals surface area contributed by atoms with Crippen LogP contribution in [0.4, 0.5) is 0 Å². The minimum atomic E-state index is -0.399. The Balaban J connectivity index is 2.33. The first-order valence-corrected chi connectivity index (χ1v) is 5.78. The summed E-state index contributed by atoms with van der Waals surface area (Å²) in [5, 5.41) is 5.22. The standard InChI is InChI=1S/C11H18N2O4/c1-3-17-11(16)7(2)6-12-8-4-5-9(14)13-10(8)15/h7-8,12H,3-6H2,1-2H3,(H,13,14,15). The fraction of sp³-hybridized carbons (Fsp3) is 0.727. The molecule has 0 aromatic carbocycles. The van der Waals surface area contributed by atoms with Crippen molar-refractivity contribution in [2.75, 3.05) is 13.2 Å². The van der Waals surface area contributed by atoms with Crippen LogP contribution in [0.25, 0.3) is 0 Å². The first-order chi connectivity index (χ1) is 8.04. The van der Waals surface area contributed by atoms with Gasteiger partial charge in [-0.15, -0.1) is 0 Å². The predicted molar refractivity (Wildman–Crippen MR) is 60.0 cm³/mol. The number of piperidine rings is 1. The molecule has 1 rings (SSSR count). The molecule has 0 aromatic heterocycles. The lowest BCUT2D eigenvalue weighted by atomic mass is 10.1. The molecule has 0 bridgehead atoms. The molecule has 0 saturated carbocycles. The summed E-state index contributed by atoms with van der Waals surface area (Å²) in [6.45, 7) is 4.20. The number of imide groups is 1. The number of amides is 2. The lowest BCUT2D eigenvalue weighted by Gasteiger charge is -2.23. The van der Waals surface area contributed by atoms with Crippen LogP contribution in [0.3, 0.4) is 0 Å². The van der Waals surface area contributed by atoms with Crippen molar-refractivity contribution in [2.24, 2.45) is 5.92 Å². The van der Waals surface area contributed by atoms with Crippen LogP contribution in [0.15, 0.2) is 0 Å². The number of carbonyl (C=O) groups is 3. The molecule has 1 aliphatic rings. The SMILES string of the molecule is CCOC(=O)C(C)CNC1CCC(=O)NC1=O. The topological polar surface area (TPSA) is 84.5 Å². The van der Waals surface area contributed by atoms with Gasteiger partial charge < -0.3 is 10.1 Å². The van der Waals surface area contributed by atoms with Crippen molar-refractivity contribution in [3.8, 4) is 0 Å². The maximum absolute atomic E-state index is 11.4. The molecule has 96 valence electrons. The molecule has 0 aliphatic carbocycles. The third-order valence-electron chi connectivity index (χ3n) is 2.60. The fourth-order valence-corrected chi connectivity index (χ4v) is 1.58. The molecule has 0 spiro atoms. The number of nitrogens with one attached hydrogen (secondary N) is 2. The van der Waals surface area contributed by atoms with Gasteiger partial charge in [-0.1, -0.05) is 6.92 Å². The zero-order valence-electron chi connectivity index (χ0n) is 10.1. The van der Waals surface area contributed by atoms with E-state index in [1.807, 2.05) is 0 Å². The largest absolute Gasteiger partial charge is 0.466 e. The highest BCUT2D eigenvalue weighted by Crippen LogP contribution is 2.05. The molecule has 6 nitrogen and oxygen atoms in total. The summed E-state index contributed by atoms with van der Waals surface area (Å²) in [6, 6.07) is -0.399. The van der Waals surface area contributed by atoms with E-state index >= 15 is 0 Å². The highest BCUT2D eigenvalue weighted by molar-refractivity contribution is 6.00. The molecule has 1 heterocycles. The van der Waals surface area contributed by atoms with Crippen LogP contribution in [0.5, 0.6) is 0 Å². The minimum absolute atomic E-state index is 0.244. The second-order valence-corrected chi connectivity index (χ2v) is 4.07. The lowest BCUT2D eigenvalue weighted by molar-refractivity contribution is -0.147. The quantitative estimate of drug-likeness (QED) is 0.505. The van der Waals surface area contributed by atoms with Crippen molar-refractivity contribution >= 4 is 17.8 Å². The van der Waals surface area contributed by atoms with E-state index in [9.17, 15) is 14.4 Å². The Morgan fingerprint density at radius 3 is 2.88 bits per heavy atom. The lowest BCUT2D eigenvalue weighted by Crippen LogP contribution is -2.51. The van der Waals surface area contributed by atoms with Gasteiger partial charge in [-0.05, 0) is 13.3 Å². The van der Waals surface area contributed by atoms with Crippen LogP contribution < -0.4 is 10.6 Å². The summed E-state index contributed by atoms with van der Waals surface area (Å²) in [4.78, 5) is 33.7. The molecule has 0 aromatic rings. The number of ether oxygens (including phenoxy) is 1. The second kappa shape index (κ2) is 6.34. The van der Waals surface area contributed by atoms with Gasteiger partial charge in [0.2, 0.25) is 11.8 Å². The Morgan fingerprint density at radius 2 is 2.29 bits per heavy atom. The van der Waals surface area contributed by atoms with Crippen LogP contribution in [0, 0.1) is 5.92 Å². The Hall–Kier alpha value is -1.43. The van der Waals surface area contributed by atoms with Gasteiger partial charge >= 0.3 is 5.97 Å². The van der Waals surface area contributed by atoms with Crippen molar-refractivity contribution in [3.63, 3.8) is 0 Å². The fourth-order valence-electron chi connectivity index (χ4n) is 1.58. The van der Waals surface area contributed by atoms with Crippen molar-refractivity contribution in [1.82, 2.24) is 10.6 Å². The molecule has 2 unspecified atom stereocenters. The maximum atomic E-state index is 11.4. The van der Waals surface area contributed by atoms with Crippen LogP contribution in [0.2, 0.25) is 0 Å². The highest BCUT2D eigenvalue weighted by Gasteiger charge is 2.27. The van der Waals surface area contributed by atoms with Crippen molar-refractivity contribution in [3.05, 3.63) is 0 Å². The van der Waals surface area contributed by atoms with E-state index in [2.05, 4.69) is 10.6 Å². The van der Waals surface area contributed by atoms with E-state index in [0.717, 1.165) is 0 Å². The predicted octanol–water partition coefficient (Wildman–Crippen LogP) is -0.420. The van der Waals surface area contributed by atoms with E-state index in [4.69, 9.17) is 4.74 Å². The zero-order valence-corrected chi connectivity index (χ0v) is 10.1. The first-order valence-electron chi connectivity index (χ1n) is 5.78. The molecule has 1 aliphatic heterocycles. The Labute approximate surface area is 100 Å².